The summed E-state index contributed by atoms with van der Waals surface area (Å²) in [7, 11) is 0. The van der Waals surface area contributed by atoms with Gasteiger partial charge in [-0.2, -0.15) is 0 Å². The molecule has 14 heavy (non-hydrogen) atoms. The van der Waals surface area contributed by atoms with Gasteiger partial charge >= 0.3 is 0 Å². The molecule has 3 heteroatoms. The van der Waals surface area contributed by atoms with E-state index in [0.717, 1.165) is 18.3 Å². The average Bonchev–Trinajstić information content (AvgIpc) is 2.63. The first-order valence-electron chi connectivity index (χ1n) is 5.41. The van der Waals surface area contributed by atoms with Crippen LogP contribution in [0, 0.1) is 0 Å². The summed E-state index contributed by atoms with van der Waals surface area (Å²) in [6.45, 7) is 0.953. The topological polar surface area (TPSA) is 38.0 Å². The maximum Gasteiger partial charge on any atom is 0.0468 e. The summed E-state index contributed by atoms with van der Waals surface area (Å²) in [5.74, 6) is 0. The first-order valence-corrected chi connectivity index (χ1v) is 6.29. The zero-order chi connectivity index (χ0) is 9.80. The minimum atomic E-state index is 0.727. The Bertz CT molecular complexity index is 277. The van der Waals surface area contributed by atoms with E-state index < -0.39 is 0 Å². The summed E-state index contributed by atoms with van der Waals surface area (Å²) in [5.41, 5.74) is 6.77. The minimum Gasteiger partial charge on any atom is -0.398 e. The third kappa shape index (κ3) is 2.49. The van der Waals surface area contributed by atoms with Gasteiger partial charge in [0, 0.05) is 23.2 Å². The summed E-state index contributed by atoms with van der Waals surface area (Å²) >= 11 is 1.75. The molecule has 0 amide bonds. The lowest BCUT2D eigenvalue weighted by molar-refractivity contribution is 0.373. The van der Waals surface area contributed by atoms with E-state index in [0.29, 0.717) is 0 Å². The third-order valence-electron chi connectivity index (χ3n) is 2.94. The molecule has 0 aliphatic heterocycles. The summed E-state index contributed by atoms with van der Waals surface area (Å²) in [6, 6.07) is 2.72. The molecule has 2 nitrogen and oxygen atoms in total. The van der Waals surface area contributed by atoms with Crippen molar-refractivity contribution in [2.45, 2.75) is 44.7 Å². The van der Waals surface area contributed by atoms with E-state index in [2.05, 4.69) is 10.7 Å². The maximum atomic E-state index is 5.83. The van der Waals surface area contributed by atoms with Crippen LogP contribution in [0.3, 0.4) is 0 Å². The van der Waals surface area contributed by atoms with Crippen LogP contribution in [0.15, 0.2) is 11.4 Å². The van der Waals surface area contributed by atoms with Crippen molar-refractivity contribution in [3.05, 3.63) is 16.3 Å². The molecular weight excluding hydrogens is 192 g/mol. The lowest BCUT2D eigenvalue weighted by Crippen LogP contribution is -2.30. The molecule has 0 atom stereocenters. The lowest BCUT2D eigenvalue weighted by Gasteiger charge is -2.22. The molecule has 0 radical (unpaired) electrons. The highest BCUT2D eigenvalue weighted by Gasteiger charge is 2.12. The van der Waals surface area contributed by atoms with E-state index in [1.54, 1.807) is 11.3 Å². The molecule has 0 saturated heterocycles. The van der Waals surface area contributed by atoms with Crippen LogP contribution in [-0.4, -0.2) is 6.04 Å². The van der Waals surface area contributed by atoms with E-state index >= 15 is 0 Å². The summed E-state index contributed by atoms with van der Waals surface area (Å²) in [5, 5.41) is 5.66. The van der Waals surface area contributed by atoms with Crippen molar-refractivity contribution in [1.29, 1.82) is 0 Å². The smallest absolute Gasteiger partial charge is 0.0468 e. The number of nitrogens with two attached hydrogens (primary N) is 1. The van der Waals surface area contributed by atoms with E-state index in [1.165, 1.54) is 37.0 Å². The van der Waals surface area contributed by atoms with Crippen molar-refractivity contribution in [2.75, 3.05) is 5.73 Å². The quantitative estimate of drug-likeness (QED) is 0.805. The van der Waals surface area contributed by atoms with Crippen LogP contribution in [0.2, 0.25) is 0 Å². The Balaban J connectivity index is 1.79. The number of nitrogen functional groups attached to an aromatic ring is 1. The van der Waals surface area contributed by atoms with Crippen LogP contribution in [0.4, 0.5) is 5.69 Å². The molecule has 3 N–H and O–H groups in total. The number of nitrogens with one attached hydrogen (secondary N) is 1. The standard InChI is InChI=1S/C11H18N2S/c12-10-6-7-14-11(10)8-13-9-4-2-1-3-5-9/h6-7,9,13H,1-5,8,12H2. The van der Waals surface area contributed by atoms with Crippen molar-refractivity contribution >= 4 is 17.0 Å². The van der Waals surface area contributed by atoms with Crippen molar-refractivity contribution in [3.63, 3.8) is 0 Å². The average molecular weight is 210 g/mol. The maximum absolute atomic E-state index is 5.83. The van der Waals surface area contributed by atoms with Gasteiger partial charge in [0.15, 0.2) is 0 Å². The van der Waals surface area contributed by atoms with Gasteiger partial charge in [0.05, 0.1) is 0 Å². The largest absolute Gasteiger partial charge is 0.398 e. The van der Waals surface area contributed by atoms with Gasteiger partial charge in [-0.05, 0) is 24.3 Å². The fraction of sp³-hybridized carbons (Fsp3) is 0.636. The molecule has 0 spiro atoms. The Morgan fingerprint density at radius 3 is 2.79 bits per heavy atom. The van der Waals surface area contributed by atoms with E-state index in [4.69, 9.17) is 5.73 Å². The molecule has 1 saturated carbocycles. The molecule has 1 aliphatic carbocycles. The van der Waals surface area contributed by atoms with Crippen molar-refractivity contribution in [1.82, 2.24) is 5.32 Å². The Labute approximate surface area is 89.5 Å². The van der Waals surface area contributed by atoms with Crippen molar-refractivity contribution in [3.8, 4) is 0 Å². The molecule has 1 fully saturated rings. The van der Waals surface area contributed by atoms with Crippen molar-refractivity contribution in [2.24, 2.45) is 0 Å². The highest BCUT2D eigenvalue weighted by Crippen LogP contribution is 2.21. The Morgan fingerprint density at radius 1 is 1.36 bits per heavy atom. The van der Waals surface area contributed by atoms with E-state index in [-0.39, 0.29) is 0 Å². The first-order chi connectivity index (χ1) is 6.86. The molecule has 0 unspecified atom stereocenters. The highest BCUT2D eigenvalue weighted by molar-refractivity contribution is 7.10. The normalized spacial score (nSPS) is 18.6. The molecule has 1 aromatic heterocycles. The predicted octanol–water partition coefficient (Wildman–Crippen LogP) is 2.75. The highest BCUT2D eigenvalue weighted by atomic mass is 32.1. The minimum absolute atomic E-state index is 0.727. The second-order valence-electron chi connectivity index (χ2n) is 4.01. The molecule has 2 rings (SSSR count). The SMILES string of the molecule is Nc1ccsc1CNC1CCCCC1. The molecule has 0 aromatic carbocycles. The van der Waals surface area contributed by atoms with E-state index in [1.807, 2.05) is 6.07 Å². The van der Waals surface area contributed by atoms with Crippen LogP contribution in [-0.2, 0) is 6.54 Å². The Morgan fingerprint density at radius 2 is 2.14 bits per heavy atom. The van der Waals surface area contributed by atoms with E-state index in [9.17, 15) is 0 Å². The zero-order valence-electron chi connectivity index (χ0n) is 8.46. The van der Waals surface area contributed by atoms with Gasteiger partial charge in [-0.3, -0.25) is 0 Å². The molecule has 0 bridgehead atoms. The predicted molar refractivity (Wildman–Crippen MR) is 62.4 cm³/mol. The number of anilines is 1. The van der Waals surface area contributed by atoms with Crippen LogP contribution in [0.5, 0.6) is 0 Å². The van der Waals surface area contributed by atoms with Gasteiger partial charge in [0.2, 0.25) is 0 Å². The first kappa shape index (κ1) is 9.99. The van der Waals surface area contributed by atoms with Crippen LogP contribution in [0.25, 0.3) is 0 Å². The molecule has 1 aliphatic rings. The second kappa shape index (κ2) is 4.80. The fourth-order valence-corrected chi connectivity index (χ4v) is 2.79. The zero-order valence-corrected chi connectivity index (χ0v) is 9.28. The molecule has 1 aromatic rings. The molecule has 78 valence electrons. The summed E-state index contributed by atoms with van der Waals surface area (Å²) < 4.78 is 0. The Kier molecular flexibility index (Phi) is 3.43. The Hall–Kier alpha value is -0.540. The summed E-state index contributed by atoms with van der Waals surface area (Å²) in [4.78, 5) is 1.29. The van der Waals surface area contributed by atoms with Gasteiger partial charge in [-0.1, -0.05) is 19.3 Å². The van der Waals surface area contributed by atoms with Crippen LogP contribution in [0.1, 0.15) is 37.0 Å². The number of hydrogen-bond donors (Lipinski definition) is 2. The van der Waals surface area contributed by atoms with Crippen LogP contribution >= 0.6 is 11.3 Å². The van der Waals surface area contributed by atoms with Crippen molar-refractivity contribution < 1.29 is 0 Å². The number of thiophene rings is 1. The molecular formula is C11H18N2S. The van der Waals surface area contributed by atoms with Gasteiger partial charge in [0.1, 0.15) is 0 Å². The van der Waals surface area contributed by atoms with Gasteiger partial charge < -0.3 is 11.1 Å². The second-order valence-corrected chi connectivity index (χ2v) is 5.02. The third-order valence-corrected chi connectivity index (χ3v) is 3.87. The van der Waals surface area contributed by atoms with Gasteiger partial charge in [-0.25, -0.2) is 0 Å². The monoisotopic (exact) mass is 210 g/mol. The lowest BCUT2D eigenvalue weighted by atomic mass is 9.95. The number of rotatable bonds is 3. The van der Waals surface area contributed by atoms with Gasteiger partial charge in [0.25, 0.3) is 0 Å². The molecule has 1 heterocycles. The fourth-order valence-electron chi connectivity index (χ4n) is 2.04. The summed E-state index contributed by atoms with van der Waals surface area (Å²) in [6.07, 6.45) is 6.87. The van der Waals surface area contributed by atoms with Gasteiger partial charge in [-0.15, -0.1) is 11.3 Å². The van der Waals surface area contributed by atoms with Crippen LogP contribution < -0.4 is 11.1 Å². The number of hydrogen-bond acceptors (Lipinski definition) is 3.